The van der Waals surface area contributed by atoms with Gasteiger partial charge in [-0.1, -0.05) is 20.8 Å². The van der Waals surface area contributed by atoms with Crippen molar-refractivity contribution in [3.05, 3.63) is 40.1 Å². The normalized spacial score (nSPS) is 12.0. The van der Waals surface area contributed by atoms with Gasteiger partial charge in [0.2, 0.25) is 0 Å². The number of nitrogens with zero attached hydrogens (tertiary/aromatic N) is 3. The Labute approximate surface area is 166 Å². The average Bonchev–Trinajstić information content (AvgIpc) is 3.11. The van der Waals surface area contributed by atoms with Gasteiger partial charge in [-0.2, -0.15) is 0 Å². The van der Waals surface area contributed by atoms with E-state index in [-0.39, 0.29) is 29.4 Å². The summed E-state index contributed by atoms with van der Waals surface area (Å²) >= 11 is 1.73. The molecule has 0 unspecified atom stereocenters. The Hall–Kier alpha value is -1.09. The molecule has 0 fully saturated rings. The lowest BCUT2D eigenvalue weighted by Gasteiger charge is -2.14. The first-order valence-corrected chi connectivity index (χ1v) is 8.76. The van der Waals surface area contributed by atoms with E-state index in [1.165, 1.54) is 16.3 Å². The zero-order valence-corrected chi connectivity index (χ0v) is 18.2. The molecule has 0 spiro atoms. The monoisotopic (exact) mass is 461 g/mol. The first-order chi connectivity index (χ1) is 10.9. The molecule has 0 bridgehead atoms. The molecule has 0 amide bonds. The predicted molar refractivity (Wildman–Crippen MR) is 114 cm³/mol. The van der Waals surface area contributed by atoms with E-state index in [0.717, 1.165) is 25.5 Å². The Morgan fingerprint density at radius 2 is 2.08 bits per heavy atom. The van der Waals surface area contributed by atoms with Gasteiger partial charge in [-0.25, -0.2) is 4.98 Å². The minimum atomic E-state index is 0. The van der Waals surface area contributed by atoms with Crippen LogP contribution in [0.2, 0.25) is 0 Å². The summed E-state index contributed by atoms with van der Waals surface area (Å²) in [6.45, 7) is 8.18. The molecule has 7 heteroatoms. The van der Waals surface area contributed by atoms with Gasteiger partial charge >= 0.3 is 0 Å². The number of hydrogen-bond donors (Lipinski definition) is 2. The molecular weight excluding hydrogens is 433 g/mol. The van der Waals surface area contributed by atoms with Crippen molar-refractivity contribution >= 4 is 41.3 Å². The summed E-state index contributed by atoms with van der Waals surface area (Å²) in [5.74, 6) is 0.821. The number of aliphatic imine (C=N–C) groups is 1. The van der Waals surface area contributed by atoms with Crippen LogP contribution in [0.1, 0.15) is 37.0 Å². The van der Waals surface area contributed by atoms with Crippen LogP contribution in [-0.4, -0.2) is 29.1 Å². The van der Waals surface area contributed by atoms with Gasteiger partial charge in [0.15, 0.2) is 5.96 Å². The molecule has 2 N–H and O–H groups in total. The summed E-state index contributed by atoms with van der Waals surface area (Å²) in [5, 5.41) is 10.00. The smallest absolute Gasteiger partial charge is 0.191 e. The van der Waals surface area contributed by atoms with Gasteiger partial charge < -0.3 is 15.2 Å². The van der Waals surface area contributed by atoms with E-state index in [1.807, 2.05) is 17.8 Å². The number of halogens is 1. The topological polar surface area (TPSA) is 54.2 Å². The maximum absolute atomic E-state index is 4.72. The van der Waals surface area contributed by atoms with Crippen LogP contribution in [0.25, 0.3) is 0 Å². The molecule has 2 heterocycles. The van der Waals surface area contributed by atoms with Crippen molar-refractivity contribution in [2.45, 2.75) is 39.2 Å². The Balaban J connectivity index is 0.00000288. The second-order valence-corrected chi connectivity index (χ2v) is 7.61. The highest BCUT2D eigenvalue weighted by atomic mass is 127. The molecule has 0 aliphatic carbocycles. The van der Waals surface area contributed by atoms with Gasteiger partial charge in [0.05, 0.1) is 10.7 Å². The summed E-state index contributed by atoms with van der Waals surface area (Å²) in [6, 6.07) is 2.10. The number of thiazole rings is 1. The van der Waals surface area contributed by atoms with Gasteiger partial charge in [0.1, 0.15) is 0 Å². The lowest BCUT2D eigenvalue weighted by atomic mass is 9.93. The molecule has 0 saturated heterocycles. The zero-order valence-electron chi connectivity index (χ0n) is 15.1. The maximum Gasteiger partial charge on any atom is 0.191 e. The van der Waals surface area contributed by atoms with Gasteiger partial charge in [-0.05, 0) is 11.6 Å². The van der Waals surface area contributed by atoms with Gasteiger partial charge in [0, 0.05) is 56.8 Å². The zero-order chi connectivity index (χ0) is 16.9. The van der Waals surface area contributed by atoms with E-state index in [9.17, 15) is 0 Å². The van der Waals surface area contributed by atoms with Crippen LogP contribution < -0.4 is 10.6 Å². The summed E-state index contributed by atoms with van der Waals surface area (Å²) in [6.07, 6.45) is 5.05. The summed E-state index contributed by atoms with van der Waals surface area (Å²) in [7, 11) is 3.82. The predicted octanol–water partition coefficient (Wildman–Crippen LogP) is 3.30. The molecule has 0 aliphatic heterocycles. The van der Waals surface area contributed by atoms with Crippen LogP contribution in [-0.2, 0) is 25.4 Å². The van der Waals surface area contributed by atoms with Crippen molar-refractivity contribution in [1.29, 1.82) is 0 Å². The molecule has 0 saturated carbocycles. The Morgan fingerprint density at radius 3 is 2.62 bits per heavy atom. The van der Waals surface area contributed by atoms with E-state index in [4.69, 9.17) is 4.98 Å². The standard InChI is InChI=1S/C17H27N5S.HI/c1-17(2,3)14-12-23-15(21-14)6-8-19-16(18-4)20-10-13-7-9-22(5)11-13;/h7,9,11-12H,6,8,10H2,1-5H3,(H2,18,19,20);1H. The molecule has 134 valence electrons. The quantitative estimate of drug-likeness (QED) is 0.408. The van der Waals surface area contributed by atoms with Gasteiger partial charge in [0.25, 0.3) is 0 Å². The highest BCUT2D eigenvalue weighted by Gasteiger charge is 2.17. The number of rotatable bonds is 5. The van der Waals surface area contributed by atoms with E-state index < -0.39 is 0 Å². The molecule has 2 aromatic rings. The highest BCUT2D eigenvalue weighted by Crippen LogP contribution is 2.23. The van der Waals surface area contributed by atoms with Gasteiger partial charge in [-0.3, -0.25) is 4.99 Å². The first-order valence-electron chi connectivity index (χ1n) is 7.89. The Kier molecular flexibility index (Phi) is 8.21. The van der Waals surface area contributed by atoms with E-state index in [2.05, 4.69) is 54.0 Å². The fourth-order valence-electron chi connectivity index (χ4n) is 2.13. The third-order valence-electron chi connectivity index (χ3n) is 3.53. The second kappa shape index (κ2) is 9.41. The molecule has 0 aliphatic rings. The van der Waals surface area contributed by atoms with Gasteiger partial charge in [-0.15, -0.1) is 35.3 Å². The summed E-state index contributed by atoms with van der Waals surface area (Å²) in [4.78, 5) is 8.97. The van der Waals surface area contributed by atoms with E-state index in [1.54, 1.807) is 18.4 Å². The van der Waals surface area contributed by atoms with Crippen molar-refractivity contribution in [3.63, 3.8) is 0 Å². The van der Waals surface area contributed by atoms with Crippen molar-refractivity contribution < 1.29 is 0 Å². The molecule has 0 atom stereocenters. The van der Waals surface area contributed by atoms with Crippen LogP contribution in [0.4, 0.5) is 0 Å². The lowest BCUT2D eigenvalue weighted by molar-refractivity contribution is 0.570. The van der Waals surface area contributed by atoms with Crippen LogP contribution in [0, 0.1) is 0 Å². The second-order valence-electron chi connectivity index (χ2n) is 6.66. The number of nitrogens with one attached hydrogen (secondary N) is 2. The molecule has 2 rings (SSSR count). The van der Waals surface area contributed by atoms with Crippen molar-refractivity contribution in [2.24, 2.45) is 12.0 Å². The number of aryl methyl sites for hydroxylation is 1. The summed E-state index contributed by atoms with van der Waals surface area (Å²) in [5.41, 5.74) is 2.53. The molecular formula is C17H28IN5S. The molecule has 2 aromatic heterocycles. The number of aromatic nitrogens is 2. The van der Waals surface area contributed by atoms with E-state index >= 15 is 0 Å². The third-order valence-corrected chi connectivity index (χ3v) is 4.44. The molecule has 0 aromatic carbocycles. The highest BCUT2D eigenvalue weighted by molar-refractivity contribution is 14.0. The Bertz CT molecular complexity index is 654. The average molecular weight is 461 g/mol. The third kappa shape index (κ3) is 6.43. The first kappa shape index (κ1) is 21.0. The SMILES string of the molecule is CN=C(NCCc1nc(C(C)(C)C)cs1)NCc1ccn(C)c1.I. The fourth-order valence-corrected chi connectivity index (χ4v) is 3.15. The van der Waals surface area contributed by atoms with Crippen molar-refractivity contribution in [3.8, 4) is 0 Å². The Morgan fingerprint density at radius 1 is 1.33 bits per heavy atom. The van der Waals surface area contributed by atoms with E-state index in [0.29, 0.717) is 0 Å². The van der Waals surface area contributed by atoms with Crippen LogP contribution in [0.5, 0.6) is 0 Å². The molecule has 24 heavy (non-hydrogen) atoms. The minimum Gasteiger partial charge on any atom is -0.357 e. The largest absolute Gasteiger partial charge is 0.357 e. The van der Waals surface area contributed by atoms with Crippen LogP contribution in [0.15, 0.2) is 28.8 Å². The minimum absolute atomic E-state index is 0. The van der Waals surface area contributed by atoms with Crippen LogP contribution in [0.3, 0.4) is 0 Å². The van der Waals surface area contributed by atoms with Crippen LogP contribution >= 0.6 is 35.3 Å². The molecule has 0 radical (unpaired) electrons. The lowest BCUT2D eigenvalue weighted by Crippen LogP contribution is -2.37. The van der Waals surface area contributed by atoms with Crippen molar-refractivity contribution in [2.75, 3.05) is 13.6 Å². The van der Waals surface area contributed by atoms with Crippen molar-refractivity contribution in [1.82, 2.24) is 20.2 Å². The summed E-state index contributed by atoms with van der Waals surface area (Å²) < 4.78 is 2.04. The maximum atomic E-state index is 4.72. The number of guanidine groups is 1. The molecule has 5 nitrogen and oxygen atoms in total. The fraction of sp³-hybridized carbons (Fsp3) is 0.529. The number of hydrogen-bond acceptors (Lipinski definition) is 3.